The number of hydrogen-bond acceptors (Lipinski definition) is 1. The van der Waals surface area contributed by atoms with Gasteiger partial charge in [-0.1, -0.05) is 158 Å². The largest absolute Gasteiger partial charge is 0.306 e. The van der Waals surface area contributed by atoms with E-state index in [2.05, 4.69) is 211 Å². The van der Waals surface area contributed by atoms with Crippen molar-refractivity contribution in [3.05, 3.63) is 241 Å². The Bertz CT molecular complexity index is 3880. The van der Waals surface area contributed by atoms with Crippen molar-refractivity contribution in [2.24, 2.45) is 0 Å². The lowest BCUT2D eigenvalue weighted by Gasteiger charge is -2.13. The number of rotatable bonds is 6. The summed E-state index contributed by atoms with van der Waals surface area (Å²) in [7, 11) is 0. The van der Waals surface area contributed by atoms with Crippen molar-refractivity contribution in [1.82, 2.24) is 8.80 Å². The summed E-state index contributed by atoms with van der Waals surface area (Å²) in [6, 6.07) is 82.3. The van der Waals surface area contributed by atoms with Gasteiger partial charge in [0.25, 0.3) is 5.56 Å². The van der Waals surface area contributed by atoms with Crippen LogP contribution >= 0.6 is 0 Å². The molecule has 0 aliphatic heterocycles. The van der Waals surface area contributed by atoms with Crippen LogP contribution in [0, 0.1) is 0 Å². The van der Waals surface area contributed by atoms with Gasteiger partial charge in [0.05, 0.1) is 33.0 Å². The van der Waals surface area contributed by atoms with Gasteiger partial charge in [-0.2, -0.15) is 0 Å². The molecule has 3 heteroatoms. The van der Waals surface area contributed by atoms with Crippen molar-refractivity contribution in [2.45, 2.75) is 0 Å². The van der Waals surface area contributed by atoms with Crippen molar-refractivity contribution in [3.63, 3.8) is 0 Å². The van der Waals surface area contributed by atoms with Crippen LogP contribution in [0.15, 0.2) is 235 Å². The molecule has 3 heterocycles. The van der Waals surface area contributed by atoms with Crippen LogP contribution in [0.2, 0.25) is 0 Å². The molecule has 0 unspecified atom stereocenters. The molecule has 64 heavy (non-hydrogen) atoms. The van der Waals surface area contributed by atoms with Gasteiger partial charge in [-0.15, -0.1) is 0 Å². The third kappa shape index (κ3) is 5.58. The summed E-state index contributed by atoms with van der Waals surface area (Å²) in [4.78, 5) is 15.2. The number of aromatic nitrogens is 2. The smallest absolute Gasteiger partial charge is 0.265 e. The molecule has 0 fully saturated rings. The van der Waals surface area contributed by atoms with E-state index in [0.29, 0.717) is 5.39 Å². The van der Waals surface area contributed by atoms with E-state index in [1.807, 2.05) is 28.7 Å². The fourth-order valence-electron chi connectivity index (χ4n) is 10.3. The van der Waals surface area contributed by atoms with E-state index in [4.69, 9.17) is 0 Å². The van der Waals surface area contributed by atoms with Crippen molar-refractivity contribution in [1.29, 1.82) is 0 Å². The maximum atomic E-state index is 15.2. The van der Waals surface area contributed by atoms with Gasteiger partial charge < -0.3 is 4.40 Å². The molecular formula is C61H38N2O. The first-order valence-electron chi connectivity index (χ1n) is 21.9. The van der Waals surface area contributed by atoms with Gasteiger partial charge >= 0.3 is 0 Å². The number of hydrogen-bond donors (Lipinski definition) is 0. The maximum absolute atomic E-state index is 15.2. The zero-order chi connectivity index (χ0) is 42.3. The molecule has 0 spiro atoms. The Morgan fingerprint density at radius 3 is 1.17 bits per heavy atom. The Hall–Kier alpha value is -8.53. The van der Waals surface area contributed by atoms with E-state index in [0.717, 1.165) is 93.6 Å². The third-order valence-corrected chi connectivity index (χ3v) is 13.2. The van der Waals surface area contributed by atoms with E-state index >= 15 is 4.79 Å². The first-order valence-corrected chi connectivity index (χ1v) is 21.9. The Morgan fingerprint density at radius 2 is 0.656 bits per heavy atom. The van der Waals surface area contributed by atoms with Crippen molar-refractivity contribution in [3.8, 4) is 66.8 Å². The third-order valence-electron chi connectivity index (χ3n) is 13.2. The average molecular weight is 815 g/mol. The van der Waals surface area contributed by atoms with Gasteiger partial charge in [0, 0.05) is 21.5 Å². The molecule has 3 aromatic heterocycles. The quantitative estimate of drug-likeness (QED) is 0.164. The molecule has 0 atom stereocenters. The molecule has 0 saturated carbocycles. The van der Waals surface area contributed by atoms with Crippen LogP contribution in [0.3, 0.4) is 0 Å². The minimum atomic E-state index is -0.0251. The number of nitrogens with zero attached hydrogens (tertiary/aromatic N) is 2. The van der Waals surface area contributed by atoms with E-state index in [1.165, 1.54) is 22.3 Å². The average Bonchev–Trinajstić information content (AvgIpc) is 3.86. The van der Waals surface area contributed by atoms with Crippen LogP contribution in [0.1, 0.15) is 0 Å². The fraction of sp³-hybridized carbons (Fsp3) is 0. The predicted octanol–water partition coefficient (Wildman–Crippen LogP) is 15.6. The topological polar surface area (TPSA) is 25.9 Å². The SMILES string of the molecule is O=c1c2ccccc2n2c3ccc(-c4cc(-c5ccccc5)cc(-c5ccccc5)c4)cc3c3cc(-c4cc(-c5ccccc5)cc(-c5ccccc5)c4)c4c5ccccc5n1c4c32. The molecule has 0 radical (unpaired) electrons. The molecule has 3 nitrogen and oxygen atoms in total. The van der Waals surface area contributed by atoms with Gasteiger partial charge in [0.1, 0.15) is 0 Å². The molecule has 13 aromatic rings. The molecule has 0 amide bonds. The minimum Gasteiger partial charge on any atom is -0.306 e. The molecule has 0 N–H and O–H groups in total. The second-order valence-electron chi connectivity index (χ2n) is 16.8. The fourth-order valence-corrected chi connectivity index (χ4v) is 10.3. The number of benzene rings is 10. The predicted molar refractivity (Wildman–Crippen MR) is 268 cm³/mol. The van der Waals surface area contributed by atoms with E-state index in [1.54, 1.807) is 0 Å². The Kier molecular flexibility index (Phi) is 8.06. The zero-order valence-corrected chi connectivity index (χ0v) is 34.7. The van der Waals surface area contributed by atoms with Gasteiger partial charge in [0.15, 0.2) is 0 Å². The van der Waals surface area contributed by atoms with E-state index in [9.17, 15) is 0 Å². The summed E-state index contributed by atoms with van der Waals surface area (Å²) < 4.78 is 4.34. The van der Waals surface area contributed by atoms with Crippen LogP contribution < -0.4 is 5.56 Å². The summed E-state index contributed by atoms with van der Waals surface area (Å²) in [6.07, 6.45) is 0. The Morgan fingerprint density at radius 1 is 0.250 bits per heavy atom. The Labute approximate surface area is 369 Å². The van der Waals surface area contributed by atoms with Crippen LogP contribution in [0.25, 0.3) is 121 Å². The van der Waals surface area contributed by atoms with E-state index < -0.39 is 0 Å². The molecule has 0 aliphatic carbocycles. The minimum absolute atomic E-state index is 0.0251. The molecule has 10 aromatic carbocycles. The lowest BCUT2D eigenvalue weighted by Crippen LogP contribution is -2.09. The van der Waals surface area contributed by atoms with Crippen LogP contribution in [-0.2, 0) is 0 Å². The summed E-state index contributed by atoms with van der Waals surface area (Å²) in [6.45, 7) is 0. The summed E-state index contributed by atoms with van der Waals surface area (Å²) >= 11 is 0. The standard InChI is InChI=1S/C61H38N2O/c64-61-51-26-14-16-28-56(51)62-57-30-29-43(48-33-44(39-17-5-1-6-18-39)31-45(34-48)40-19-7-2-8-20-40)37-53(57)54-38-52(58-50-25-13-15-27-55(50)63(61)60(58)59(54)62)49-35-46(41-21-9-3-10-22-41)32-47(36-49)42-23-11-4-12-24-42/h1-38H. The molecule has 0 saturated heterocycles. The lowest BCUT2D eigenvalue weighted by molar-refractivity contribution is 1.22. The highest BCUT2D eigenvalue weighted by Gasteiger charge is 2.25. The molecule has 0 aliphatic rings. The van der Waals surface area contributed by atoms with E-state index in [-0.39, 0.29) is 5.56 Å². The lowest BCUT2D eigenvalue weighted by atomic mass is 9.90. The molecular weight excluding hydrogens is 777 g/mol. The monoisotopic (exact) mass is 814 g/mol. The normalized spacial score (nSPS) is 11.8. The van der Waals surface area contributed by atoms with Crippen molar-refractivity contribution >= 4 is 54.5 Å². The van der Waals surface area contributed by atoms with Crippen LogP contribution in [0.5, 0.6) is 0 Å². The molecule has 0 bridgehead atoms. The first-order chi connectivity index (χ1) is 31.7. The highest BCUT2D eigenvalue weighted by Crippen LogP contribution is 2.46. The van der Waals surface area contributed by atoms with Gasteiger partial charge in [-0.3, -0.25) is 9.20 Å². The summed E-state index contributed by atoms with van der Waals surface area (Å²) in [5.74, 6) is 0. The van der Waals surface area contributed by atoms with Gasteiger partial charge in [0.2, 0.25) is 0 Å². The van der Waals surface area contributed by atoms with Crippen molar-refractivity contribution < 1.29 is 0 Å². The Balaban J connectivity index is 1.18. The summed E-state index contributed by atoms with van der Waals surface area (Å²) in [5.41, 5.74) is 18.5. The second-order valence-corrected chi connectivity index (χ2v) is 16.8. The zero-order valence-electron chi connectivity index (χ0n) is 34.7. The van der Waals surface area contributed by atoms with Crippen molar-refractivity contribution in [2.75, 3.05) is 0 Å². The molecule has 298 valence electrons. The van der Waals surface area contributed by atoms with Crippen LogP contribution in [-0.4, -0.2) is 8.80 Å². The second kappa shape index (κ2) is 14.3. The maximum Gasteiger partial charge on any atom is 0.265 e. The highest BCUT2D eigenvalue weighted by molar-refractivity contribution is 6.28. The summed E-state index contributed by atoms with van der Waals surface area (Å²) in [5, 5.41) is 5.02. The van der Waals surface area contributed by atoms with Gasteiger partial charge in [-0.25, -0.2) is 0 Å². The van der Waals surface area contributed by atoms with Gasteiger partial charge in [-0.05, 0) is 140 Å². The highest BCUT2D eigenvalue weighted by atomic mass is 16.1. The van der Waals surface area contributed by atoms with Crippen LogP contribution in [0.4, 0.5) is 0 Å². The number of para-hydroxylation sites is 2. The first kappa shape index (κ1) is 36.2. The number of fused-ring (bicyclic) bond motifs is 8. The molecule has 13 rings (SSSR count).